The molecule has 0 spiro atoms. The van der Waals surface area contributed by atoms with E-state index >= 15 is 0 Å². The molecule has 1 N–H and O–H groups in total. The zero-order chi connectivity index (χ0) is 15.7. The van der Waals surface area contributed by atoms with Crippen LogP contribution in [0.4, 0.5) is 5.69 Å². The Hall–Kier alpha value is -2.82. The molecule has 0 aliphatic rings. The summed E-state index contributed by atoms with van der Waals surface area (Å²) in [6.07, 6.45) is 0. The van der Waals surface area contributed by atoms with E-state index in [1.165, 1.54) is 0 Å². The Bertz CT molecular complexity index is 813. The van der Waals surface area contributed by atoms with Gasteiger partial charge in [0, 0.05) is 18.8 Å². The van der Waals surface area contributed by atoms with Gasteiger partial charge in [0.25, 0.3) is 5.91 Å². The van der Waals surface area contributed by atoms with E-state index in [9.17, 15) is 4.79 Å². The van der Waals surface area contributed by atoms with Gasteiger partial charge in [-0.1, -0.05) is 17.7 Å². The normalized spacial score (nSPS) is 10.7. The molecule has 0 bridgehead atoms. The summed E-state index contributed by atoms with van der Waals surface area (Å²) < 4.78 is 7.09. The molecule has 0 unspecified atom stereocenters. The van der Waals surface area contributed by atoms with Gasteiger partial charge in [0.2, 0.25) is 0 Å². The van der Waals surface area contributed by atoms with Crippen LogP contribution in [0, 0.1) is 13.8 Å². The van der Waals surface area contributed by atoms with E-state index in [0.29, 0.717) is 17.1 Å². The highest BCUT2D eigenvalue weighted by atomic mass is 16.3. The van der Waals surface area contributed by atoms with Crippen LogP contribution in [0.5, 0.6) is 0 Å². The fraction of sp³-hybridized carbons (Fsp3) is 0.176. The monoisotopic (exact) mass is 295 g/mol. The van der Waals surface area contributed by atoms with Crippen molar-refractivity contribution in [3.05, 3.63) is 59.5 Å². The Kier molecular flexibility index (Phi) is 3.55. The van der Waals surface area contributed by atoms with Crippen LogP contribution in [0.3, 0.4) is 0 Å². The van der Waals surface area contributed by atoms with Gasteiger partial charge in [-0.25, -0.2) is 0 Å². The van der Waals surface area contributed by atoms with Gasteiger partial charge in [0.1, 0.15) is 17.1 Å². The molecule has 0 aliphatic heterocycles. The van der Waals surface area contributed by atoms with Crippen molar-refractivity contribution in [2.24, 2.45) is 7.05 Å². The fourth-order valence-corrected chi connectivity index (χ4v) is 2.20. The lowest BCUT2D eigenvalue weighted by atomic mass is 10.2. The molecule has 3 rings (SSSR count). The number of nitrogens with zero attached hydrogens (tertiary/aromatic N) is 2. The van der Waals surface area contributed by atoms with Crippen molar-refractivity contribution in [2.75, 3.05) is 5.32 Å². The summed E-state index contributed by atoms with van der Waals surface area (Å²) in [7, 11) is 1.74. The summed E-state index contributed by atoms with van der Waals surface area (Å²) in [6.45, 7) is 3.88. The van der Waals surface area contributed by atoms with Crippen LogP contribution in [0.25, 0.3) is 11.5 Å². The largest absolute Gasteiger partial charge is 0.460 e. The summed E-state index contributed by atoms with van der Waals surface area (Å²) >= 11 is 0. The first-order chi connectivity index (χ1) is 10.5. The van der Waals surface area contributed by atoms with Crippen molar-refractivity contribution in [3.8, 4) is 11.5 Å². The van der Waals surface area contributed by atoms with Gasteiger partial charge in [0.05, 0.1) is 0 Å². The Morgan fingerprint density at radius 3 is 2.50 bits per heavy atom. The number of carbonyl (C=O) groups is 1. The van der Waals surface area contributed by atoms with Gasteiger partial charge in [-0.2, -0.15) is 5.10 Å². The van der Waals surface area contributed by atoms with Crippen molar-refractivity contribution in [1.29, 1.82) is 0 Å². The summed E-state index contributed by atoms with van der Waals surface area (Å²) in [5, 5.41) is 7.20. The maximum Gasteiger partial charge on any atom is 0.273 e. The highest BCUT2D eigenvalue weighted by Gasteiger charge is 2.16. The molecule has 2 heterocycles. The zero-order valence-electron chi connectivity index (χ0n) is 12.8. The summed E-state index contributed by atoms with van der Waals surface area (Å²) in [4.78, 5) is 12.4. The van der Waals surface area contributed by atoms with E-state index in [1.807, 2.05) is 50.2 Å². The molecule has 0 saturated heterocycles. The number of nitrogens with one attached hydrogen (secondary N) is 1. The van der Waals surface area contributed by atoms with Crippen LogP contribution in [0.1, 0.15) is 21.8 Å². The van der Waals surface area contributed by atoms with Crippen molar-refractivity contribution in [2.45, 2.75) is 13.8 Å². The molecule has 22 heavy (non-hydrogen) atoms. The first-order valence-corrected chi connectivity index (χ1v) is 7.02. The van der Waals surface area contributed by atoms with Gasteiger partial charge >= 0.3 is 0 Å². The van der Waals surface area contributed by atoms with Crippen molar-refractivity contribution in [3.63, 3.8) is 0 Å². The predicted octanol–water partition coefficient (Wildman–Crippen LogP) is 3.55. The molecule has 0 radical (unpaired) electrons. The van der Waals surface area contributed by atoms with Crippen LogP contribution in [0.15, 0.2) is 46.9 Å². The number of hydrogen-bond donors (Lipinski definition) is 1. The molecule has 0 saturated carbocycles. The summed E-state index contributed by atoms with van der Waals surface area (Å²) in [5.41, 5.74) is 3.02. The minimum Gasteiger partial charge on any atom is -0.460 e. The lowest BCUT2D eigenvalue weighted by Crippen LogP contribution is -2.15. The lowest BCUT2D eigenvalue weighted by Gasteiger charge is -2.05. The molecule has 0 aliphatic carbocycles. The number of amides is 1. The average Bonchev–Trinajstić information content (AvgIpc) is 3.07. The van der Waals surface area contributed by atoms with Crippen molar-refractivity contribution in [1.82, 2.24) is 9.78 Å². The number of rotatable bonds is 3. The number of carbonyl (C=O) groups excluding carboxylic acids is 1. The van der Waals surface area contributed by atoms with E-state index in [2.05, 4.69) is 10.4 Å². The Balaban J connectivity index is 1.83. The Labute approximate surface area is 128 Å². The second kappa shape index (κ2) is 5.52. The molecule has 3 aromatic rings. The second-order valence-corrected chi connectivity index (χ2v) is 5.27. The molecule has 0 fully saturated rings. The lowest BCUT2D eigenvalue weighted by molar-refractivity contribution is 0.101. The van der Waals surface area contributed by atoms with Gasteiger partial charge in [-0.3, -0.25) is 9.48 Å². The first-order valence-electron chi connectivity index (χ1n) is 7.02. The molecular formula is C17H17N3O2. The third-order valence-corrected chi connectivity index (χ3v) is 3.41. The van der Waals surface area contributed by atoms with E-state index in [-0.39, 0.29) is 5.91 Å². The van der Waals surface area contributed by atoms with Crippen LogP contribution < -0.4 is 5.32 Å². The zero-order valence-corrected chi connectivity index (χ0v) is 12.8. The van der Waals surface area contributed by atoms with E-state index in [1.54, 1.807) is 17.8 Å². The highest BCUT2D eigenvalue weighted by molar-refractivity contribution is 6.03. The molecule has 5 heteroatoms. The maximum absolute atomic E-state index is 12.4. The number of benzene rings is 1. The van der Waals surface area contributed by atoms with Crippen LogP contribution in [-0.4, -0.2) is 15.7 Å². The van der Waals surface area contributed by atoms with Gasteiger partial charge in [-0.05, 0) is 38.1 Å². The first kappa shape index (κ1) is 14.1. The van der Waals surface area contributed by atoms with Crippen LogP contribution >= 0.6 is 0 Å². The number of furan rings is 1. The molecular weight excluding hydrogens is 278 g/mol. The molecule has 5 nitrogen and oxygen atoms in total. The number of anilines is 1. The summed E-state index contributed by atoms with van der Waals surface area (Å²) in [5.74, 6) is 1.27. The number of aryl methyl sites for hydroxylation is 3. The number of hydrogen-bond acceptors (Lipinski definition) is 3. The minimum absolute atomic E-state index is 0.201. The fourth-order valence-electron chi connectivity index (χ4n) is 2.20. The Morgan fingerprint density at radius 1 is 1.14 bits per heavy atom. The van der Waals surface area contributed by atoms with Crippen LogP contribution in [-0.2, 0) is 7.05 Å². The average molecular weight is 295 g/mol. The molecule has 1 aromatic carbocycles. The van der Waals surface area contributed by atoms with Crippen LogP contribution in [0.2, 0.25) is 0 Å². The smallest absolute Gasteiger partial charge is 0.273 e. The quantitative estimate of drug-likeness (QED) is 0.804. The van der Waals surface area contributed by atoms with E-state index in [0.717, 1.165) is 17.0 Å². The predicted molar refractivity (Wildman–Crippen MR) is 84.8 cm³/mol. The number of aromatic nitrogens is 2. The third-order valence-electron chi connectivity index (χ3n) is 3.41. The molecule has 1 amide bonds. The molecule has 112 valence electrons. The molecule has 2 aromatic heterocycles. The third kappa shape index (κ3) is 2.79. The topological polar surface area (TPSA) is 60.1 Å². The van der Waals surface area contributed by atoms with Gasteiger partial charge in [0.15, 0.2) is 5.76 Å². The van der Waals surface area contributed by atoms with E-state index < -0.39 is 0 Å². The van der Waals surface area contributed by atoms with Crippen molar-refractivity contribution < 1.29 is 9.21 Å². The highest BCUT2D eigenvalue weighted by Crippen LogP contribution is 2.22. The van der Waals surface area contributed by atoms with Crippen molar-refractivity contribution >= 4 is 11.6 Å². The molecule has 0 atom stereocenters. The second-order valence-electron chi connectivity index (χ2n) is 5.27. The minimum atomic E-state index is -0.201. The standard InChI is InChI=1S/C17H17N3O2/c1-11-4-7-13(8-5-11)18-17(21)15-10-14(19-20(15)3)16-9-6-12(2)22-16/h4-10H,1-3H3,(H,18,21). The maximum atomic E-state index is 12.4. The van der Waals surface area contributed by atoms with Gasteiger partial charge in [-0.15, -0.1) is 0 Å². The van der Waals surface area contributed by atoms with E-state index in [4.69, 9.17) is 4.42 Å². The van der Waals surface area contributed by atoms with Gasteiger partial charge < -0.3 is 9.73 Å². The summed E-state index contributed by atoms with van der Waals surface area (Å²) in [6, 6.07) is 13.1. The SMILES string of the molecule is Cc1ccc(NC(=O)c2cc(-c3ccc(C)o3)nn2C)cc1. The Morgan fingerprint density at radius 2 is 1.86 bits per heavy atom.